The highest BCUT2D eigenvalue weighted by Gasteiger charge is 2.27. The van der Waals surface area contributed by atoms with Gasteiger partial charge in [-0.25, -0.2) is 0 Å². The minimum atomic E-state index is -0.0480. The van der Waals surface area contributed by atoms with E-state index in [-0.39, 0.29) is 11.3 Å². The van der Waals surface area contributed by atoms with Crippen LogP contribution in [0.1, 0.15) is 30.6 Å². The fourth-order valence-corrected chi connectivity index (χ4v) is 2.42. The van der Waals surface area contributed by atoms with Crippen molar-refractivity contribution in [3.8, 4) is 11.6 Å². The summed E-state index contributed by atoms with van der Waals surface area (Å²) in [5, 5.41) is 13.5. The molecule has 0 spiro atoms. The van der Waals surface area contributed by atoms with Gasteiger partial charge in [-0.3, -0.25) is 4.79 Å². The number of allylic oxidation sites excluding steroid dienone is 1. The Morgan fingerprint density at radius 1 is 1.43 bits per heavy atom. The van der Waals surface area contributed by atoms with E-state index in [2.05, 4.69) is 40.5 Å². The van der Waals surface area contributed by atoms with Gasteiger partial charge in [0.05, 0.1) is 5.56 Å². The highest BCUT2D eigenvalue weighted by molar-refractivity contribution is 5.95. The summed E-state index contributed by atoms with van der Waals surface area (Å²) >= 11 is 0. The molecule has 3 rings (SSSR count). The number of rotatable bonds is 2. The van der Waals surface area contributed by atoms with Crippen molar-refractivity contribution in [1.82, 2.24) is 25.5 Å². The first kappa shape index (κ1) is 13.5. The van der Waals surface area contributed by atoms with Crippen molar-refractivity contribution in [3.05, 3.63) is 30.0 Å². The Balaban J connectivity index is 1.80. The maximum atomic E-state index is 12.6. The van der Waals surface area contributed by atoms with Gasteiger partial charge in [-0.05, 0) is 17.0 Å². The lowest BCUT2D eigenvalue weighted by molar-refractivity contribution is 0.0716. The van der Waals surface area contributed by atoms with E-state index in [9.17, 15) is 4.79 Å². The zero-order valence-corrected chi connectivity index (χ0v) is 12.0. The molecule has 0 saturated carbocycles. The number of carbonyl (C=O) groups is 1. The number of aromatic amines is 1. The number of carbonyl (C=O) groups excluding carboxylic acids is 1. The second-order valence-electron chi connectivity index (χ2n) is 5.96. The Morgan fingerprint density at radius 3 is 3.05 bits per heavy atom. The standard InChI is InChI=1S/C14H17N5O2/c1-14(2)5-3-4-6-19(9-14)13(20)10-7-11(21-8-10)12-15-17-18-16-12/h3-4,7-8H,5-6,9H2,1-2H3,(H,15,16,17,18). The summed E-state index contributed by atoms with van der Waals surface area (Å²) in [5.41, 5.74) is 0.573. The highest BCUT2D eigenvalue weighted by Crippen LogP contribution is 2.26. The first-order valence-corrected chi connectivity index (χ1v) is 6.82. The monoisotopic (exact) mass is 287 g/mol. The van der Waals surface area contributed by atoms with Gasteiger partial charge >= 0.3 is 0 Å². The first-order valence-electron chi connectivity index (χ1n) is 6.82. The molecule has 0 aliphatic carbocycles. The van der Waals surface area contributed by atoms with E-state index in [1.807, 2.05) is 11.0 Å². The lowest BCUT2D eigenvalue weighted by Gasteiger charge is -2.29. The van der Waals surface area contributed by atoms with E-state index in [0.29, 0.717) is 30.2 Å². The van der Waals surface area contributed by atoms with Crippen LogP contribution in [0.2, 0.25) is 0 Å². The molecule has 2 aromatic rings. The fraction of sp³-hybridized carbons (Fsp3) is 0.429. The number of nitrogens with one attached hydrogen (secondary N) is 1. The molecule has 21 heavy (non-hydrogen) atoms. The molecule has 0 atom stereocenters. The molecule has 110 valence electrons. The molecule has 0 bridgehead atoms. The molecule has 1 aliphatic rings. The van der Waals surface area contributed by atoms with Crippen LogP contribution in [-0.4, -0.2) is 44.5 Å². The molecular formula is C14H17N5O2. The molecular weight excluding hydrogens is 270 g/mol. The van der Waals surface area contributed by atoms with Crippen LogP contribution >= 0.6 is 0 Å². The minimum absolute atomic E-state index is 0.0480. The minimum Gasteiger partial charge on any atom is -0.460 e. The van der Waals surface area contributed by atoms with Crippen molar-refractivity contribution in [2.75, 3.05) is 13.1 Å². The summed E-state index contributed by atoms with van der Waals surface area (Å²) in [7, 11) is 0. The second-order valence-corrected chi connectivity index (χ2v) is 5.96. The molecule has 7 heteroatoms. The Morgan fingerprint density at radius 2 is 2.29 bits per heavy atom. The van der Waals surface area contributed by atoms with Crippen LogP contribution in [0.15, 0.2) is 28.9 Å². The van der Waals surface area contributed by atoms with Crippen LogP contribution in [0.25, 0.3) is 11.6 Å². The van der Waals surface area contributed by atoms with Gasteiger partial charge in [0.2, 0.25) is 5.82 Å². The predicted molar refractivity (Wildman–Crippen MR) is 75.3 cm³/mol. The third-order valence-electron chi connectivity index (χ3n) is 3.48. The smallest absolute Gasteiger partial charge is 0.257 e. The van der Waals surface area contributed by atoms with Gasteiger partial charge in [0.1, 0.15) is 6.26 Å². The number of hydrogen-bond acceptors (Lipinski definition) is 5. The second kappa shape index (κ2) is 5.16. The van der Waals surface area contributed by atoms with E-state index >= 15 is 0 Å². The highest BCUT2D eigenvalue weighted by atomic mass is 16.3. The number of nitrogens with zero attached hydrogens (tertiary/aromatic N) is 4. The zero-order chi connectivity index (χ0) is 14.9. The van der Waals surface area contributed by atoms with Crippen LogP contribution in [0.3, 0.4) is 0 Å². The third-order valence-corrected chi connectivity index (χ3v) is 3.48. The lowest BCUT2D eigenvalue weighted by atomic mass is 9.89. The Hall–Kier alpha value is -2.44. The van der Waals surface area contributed by atoms with E-state index in [4.69, 9.17) is 4.42 Å². The lowest BCUT2D eigenvalue weighted by Crippen LogP contribution is -2.37. The molecule has 0 unspecified atom stereocenters. The zero-order valence-electron chi connectivity index (χ0n) is 12.0. The maximum Gasteiger partial charge on any atom is 0.257 e. The molecule has 2 aromatic heterocycles. The molecule has 3 heterocycles. The Kier molecular flexibility index (Phi) is 3.32. The van der Waals surface area contributed by atoms with Crippen molar-refractivity contribution in [2.24, 2.45) is 5.41 Å². The van der Waals surface area contributed by atoms with Gasteiger partial charge in [0, 0.05) is 19.2 Å². The van der Waals surface area contributed by atoms with Crippen LogP contribution in [0, 0.1) is 5.41 Å². The summed E-state index contributed by atoms with van der Waals surface area (Å²) in [6, 6.07) is 1.65. The van der Waals surface area contributed by atoms with Crippen molar-refractivity contribution in [2.45, 2.75) is 20.3 Å². The number of amides is 1. The van der Waals surface area contributed by atoms with Gasteiger partial charge in [0.15, 0.2) is 5.76 Å². The average molecular weight is 287 g/mol. The Labute approximate surface area is 122 Å². The summed E-state index contributed by atoms with van der Waals surface area (Å²) in [5.74, 6) is 0.718. The van der Waals surface area contributed by atoms with Crippen molar-refractivity contribution >= 4 is 5.91 Å². The van der Waals surface area contributed by atoms with E-state index in [1.54, 1.807) is 6.07 Å². The Bertz CT molecular complexity index is 657. The van der Waals surface area contributed by atoms with E-state index in [0.717, 1.165) is 6.42 Å². The predicted octanol–water partition coefficient (Wildman–Crippen LogP) is 1.89. The summed E-state index contributed by atoms with van der Waals surface area (Å²) in [6.07, 6.45) is 6.58. The largest absolute Gasteiger partial charge is 0.460 e. The maximum absolute atomic E-state index is 12.6. The van der Waals surface area contributed by atoms with Gasteiger partial charge in [-0.1, -0.05) is 26.0 Å². The van der Waals surface area contributed by atoms with Crippen LogP contribution in [0.5, 0.6) is 0 Å². The van der Waals surface area contributed by atoms with Crippen molar-refractivity contribution in [1.29, 1.82) is 0 Å². The van der Waals surface area contributed by atoms with Crippen LogP contribution in [-0.2, 0) is 0 Å². The van der Waals surface area contributed by atoms with Gasteiger partial charge in [0.25, 0.3) is 5.91 Å². The molecule has 1 aliphatic heterocycles. The number of tetrazole rings is 1. The molecule has 7 nitrogen and oxygen atoms in total. The summed E-state index contributed by atoms with van der Waals surface area (Å²) in [6.45, 7) is 5.64. The molecule has 1 amide bonds. The van der Waals surface area contributed by atoms with E-state index in [1.165, 1.54) is 6.26 Å². The number of hydrogen-bond donors (Lipinski definition) is 1. The summed E-state index contributed by atoms with van der Waals surface area (Å²) < 4.78 is 5.35. The van der Waals surface area contributed by atoms with Gasteiger partial charge in [-0.2, -0.15) is 5.21 Å². The third kappa shape index (κ3) is 2.86. The summed E-state index contributed by atoms with van der Waals surface area (Å²) in [4.78, 5) is 14.4. The average Bonchev–Trinajstić information content (AvgIpc) is 3.08. The van der Waals surface area contributed by atoms with Crippen LogP contribution < -0.4 is 0 Å². The molecule has 0 fully saturated rings. The normalized spacial score (nSPS) is 17.7. The first-order chi connectivity index (χ1) is 10.1. The van der Waals surface area contributed by atoms with Crippen molar-refractivity contribution < 1.29 is 9.21 Å². The molecule has 1 N–H and O–H groups in total. The van der Waals surface area contributed by atoms with Crippen LogP contribution in [0.4, 0.5) is 0 Å². The number of H-pyrrole nitrogens is 1. The van der Waals surface area contributed by atoms with Gasteiger partial charge in [-0.15, -0.1) is 10.2 Å². The molecule has 0 saturated heterocycles. The molecule has 0 aromatic carbocycles. The van der Waals surface area contributed by atoms with Crippen molar-refractivity contribution in [3.63, 3.8) is 0 Å². The van der Waals surface area contributed by atoms with E-state index < -0.39 is 0 Å². The topological polar surface area (TPSA) is 87.9 Å². The molecule has 0 radical (unpaired) electrons. The fourth-order valence-electron chi connectivity index (χ4n) is 2.42. The SMILES string of the molecule is CC1(C)CC=CCN(C(=O)c2coc(-c3nn[nH]n3)c2)C1. The van der Waals surface area contributed by atoms with Gasteiger partial charge < -0.3 is 9.32 Å². The number of furan rings is 1. The quantitative estimate of drug-likeness (QED) is 0.852. The number of aromatic nitrogens is 4.